The van der Waals surface area contributed by atoms with Gasteiger partial charge < -0.3 is 46.1 Å². The van der Waals surface area contributed by atoms with E-state index in [1.807, 2.05) is 0 Å². The number of carbonyl (C=O) groups is 5. The van der Waals surface area contributed by atoms with Gasteiger partial charge in [0.05, 0.1) is 19.2 Å². The van der Waals surface area contributed by atoms with Crippen molar-refractivity contribution in [2.75, 3.05) is 39.9 Å². The van der Waals surface area contributed by atoms with E-state index in [2.05, 4.69) is 31.9 Å². The third-order valence-corrected chi connectivity index (χ3v) is 6.60. The van der Waals surface area contributed by atoms with Crippen LogP contribution >= 0.6 is 0 Å². The van der Waals surface area contributed by atoms with Gasteiger partial charge in [0.15, 0.2) is 0 Å². The lowest BCUT2D eigenvalue weighted by atomic mass is 9.83. The maximum atomic E-state index is 13.5. The molecular formula is C30H56N6O8. The van der Waals surface area contributed by atoms with E-state index in [1.54, 1.807) is 55.5 Å². The molecule has 0 heterocycles. The molecule has 5 amide bonds. The highest BCUT2D eigenvalue weighted by Gasteiger charge is 2.33. The van der Waals surface area contributed by atoms with E-state index in [-0.39, 0.29) is 31.6 Å². The van der Waals surface area contributed by atoms with Crippen LogP contribution in [0.15, 0.2) is 0 Å². The van der Waals surface area contributed by atoms with Crippen LogP contribution in [0, 0.1) is 5.92 Å². The van der Waals surface area contributed by atoms with E-state index < -0.39 is 53.3 Å². The highest BCUT2D eigenvalue weighted by Crippen LogP contribution is 2.26. The summed E-state index contributed by atoms with van der Waals surface area (Å²) >= 11 is 0. The van der Waals surface area contributed by atoms with Crippen molar-refractivity contribution < 1.29 is 38.2 Å². The number of ether oxygens (including phenoxy) is 3. The van der Waals surface area contributed by atoms with Gasteiger partial charge in [-0.1, -0.05) is 19.3 Å². The molecular weight excluding hydrogens is 572 g/mol. The minimum Gasteiger partial charge on any atom is -0.444 e. The molecule has 1 fully saturated rings. The fraction of sp³-hybridized carbons (Fsp3) is 0.833. The fourth-order valence-electron chi connectivity index (χ4n) is 4.65. The van der Waals surface area contributed by atoms with Gasteiger partial charge >= 0.3 is 12.2 Å². The Labute approximate surface area is 262 Å². The zero-order valence-corrected chi connectivity index (χ0v) is 27.9. The molecule has 14 nitrogen and oxygen atoms in total. The van der Waals surface area contributed by atoms with Crippen LogP contribution in [0.1, 0.15) is 87.0 Å². The number of carbonyl (C=O) groups excluding carboxylic acids is 5. The first-order valence-electron chi connectivity index (χ1n) is 15.6. The zero-order chi connectivity index (χ0) is 33.3. The smallest absolute Gasteiger partial charge is 0.407 e. The first-order chi connectivity index (χ1) is 20.6. The molecule has 6 N–H and O–H groups in total. The highest BCUT2D eigenvalue weighted by atomic mass is 16.6. The lowest BCUT2D eigenvalue weighted by Gasteiger charge is -2.31. The number of rotatable bonds is 16. The van der Waals surface area contributed by atoms with Crippen molar-refractivity contribution >= 4 is 29.9 Å². The number of hydrogen-bond donors (Lipinski definition) is 6. The van der Waals surface area contributed by atoms with Crippen LogP contribution in [-0.4, -0.2) is 99.1 Å². The van der Waals surface area contributed by atoms with Crippen molar-refractivity contribution in [3.63, 3.8) is 0 Å². The number of hydrogen-bond acceptors (Lipinski definition) is 9. The summed E-state index contributed by atoms with van der Waals surface area (Å²) in [6.07, 6.45) is 4.15. The lowest BCUT2D eigenvalue weighted by molar-refractivity contribution is -0.134. The lowest BCUT2D eigenvalue weighted by Crippen LogP contribution is -2.60. The molecule has 0 aromatic carbocycles. The third-order valence-electron chi connectivity index (χ3n) is 6.60. The van der Waals surface area contributed by atoms with Crippen molar-refractivity contribution in [2.24, 2.45) is 5.92 Å². The molecule has 0 aliphatic heterocycles. The Bertz CT molecular complexity index is 927. The van der Waals surface area contributed by atoms with E-state index in [1.165, 1.54) is 0 Å². The van der Waals surface area contributed by atoms with Gasteiger partial charge in [-0.15, -0.1) is 0 Å². The van der Waals surface area contributed by atoms with Crippen molar-refractivity contribution in [3.8, 4) is 0 Å². The molecule has 3 atom stereocenters. The van der Waals surface area contributed by atoms with Crippen LogP contribution in [0.2, 0.25) is 0 Å². The quantitative estimate of drug-likeness (QED) is 0.139. The van der Waals surface area contributed by atoms with E-state index >= 15 is 0 Å². The van der Waals surface area contributed by atoms with Crippen molar-refractivity contribution in [3.05, 3.63) is 0 Å². The second-order valence-corrected chi connectivity index (χ2v) is 12.9. The predicted octanol–water partition coefficient (Wildman–Crippen LogP) is 1.72. The molecule has 0 bridgehead atoms. The summed E-state index contributed by atoms with van der Waals surface area (Å²) in [7, 11) is 1.71. The van der Waals surface area contributed by atoms with Gasteiger partial charge in [0.1, 0.15) is 23.3 Å². The number of alkyl carbamates (subject to hydrolysis) is 2. The van der Waals surface area contributed by atoms with E-state index in [0.29, 0.717) is 19.5 Å². The van der Waals surface area contributed by atoms with Gasteiger partial charge in [-0.05, 0) is 80.7 Å². The number of amides is 5. The Morgan fingerprint density at radius 3 is 1.86 bits per heavy atom. The molecule has 0 radical (unpaired) electrons. The van der Waals surface area contributed by atoms with Crippen LogP contribution in [0.4, 0.5) is 9.59 Å². The highest BCUT2D eigenvalue weighted by molar-refractivity contribution is 5.93. The van der Waals surface area contributed by atoms with Gasteiger partial charge in [-0.2, -0.15) is 0 Å². The number of likely N-dealkylation sites (N-methyl/N-ethyl adjacent to an activating group) is 2. The Hall–Kier alpha value is -3.13. The Morgan fingerprint density at radius 1 is 0.750 bits per heavy atom. The molecule has 0 aromatic heterocycles. The van der Waals surface area contributed by atoms with Gasteiger partial charge in [-0.3, -0.25) is 14.4 Å². The minimum atomic E-state index is -1.19. The van der Waals surface area contributed by atoms with Gasteiger partial charge in [0, 0.05) is 19.7 Å². The Kier molecular flexibility index (Phi) is 17.1. The van der Waals surface area contributed by atoms with Crippen LogP contribution in [0.3, 0.4) is 0 Å². The first kappa shape index (κ1) is 38.9. The van der Waals surface area contributed by atoms with E-state index in [4.69, 9.17) is 14.2 Å². The van der Waals surface area contributed by atoms with Crippen molar-refractivity contribution in [1.82, 2.24) is 31.9 Å². The van der Waals surface area contributed by atoms with Crippen LogP contribution < -0.4 is 31.9 Å². The van der Waals surface area contributed by atoms with Crippen molar-refractivity contribution in [1.29, 1.82) is 0 Å². The summed E-state index contributed by atoms with van der Waals surface area (Å²) in [6.45, 7) is 12.6. The average molecular weight is 629 g/mol. The second-order valence-electron chi connectivity index (χ2n) is 12.9. The molecule has 1 aliphatic carbocycles. The number of nitrogens with one attached hydrogen (secondary N) is 6. The molecule has 0 aromatic rings. The van der Waals surface area contributed by atoms with E-state index in [9.17, 15) is 24.0 Å². The fourth-order valence-corrected chi connectivity index (χ4v) is 4.65. The molecule has 3 unspecified atom stereocenters. The molecule has 1 rings (SSSR count). The van der Waals surface area contributed by atoms with Crippen LogP contribution in [-0.2, 0) is 28.6 Å². The summed E-state index contributed by atoms with van der Waals surface area (Å²) in [5.41, 5.74) is -1.37. The van der Waals surface area contributed by atoms with Gasteiger partial charge in [-0.25, -0.2) is 9.59 Å². The monoisotopic (exact) mass is 628 g/mol. The second kappa shape index (κ2) is 19.3. The molecule has 0 spiro atoms. The Balaban J connectivity index is 2.88. The zero-order valence-electron chi connectivity index (χ0n) is 27.9. The van der Waals surface area contributed by atoms with Crippen molar-refractivity contribution in [2.45, 2.75) is 116 Å². The van der Waals surface area contributed by atoms with Gasteiger partial charge in [0.2, 0.25) is 17.7 Å². The summed E-state index contributed by atoms with van der Waals surface area (Å²) in [6, 6.07) is -2.77. The normalized spacial score (nSPS) is 16.1. The standard InChI is InChI=1S/C30H56N6O8/c1-9-32-24(37)22(19-42-17-13-16-33-27(40)43-29(2,3)4)36-25(38)21(18-34-28(41)44-30(5,6)7)35-26(39)23(31-8)20-14-11-10-12-15-20/h20-23,31H,9-19H2,1-8H3,(H,32,37)(H,33,40)(H,34,41)(H,35,39)(H,36,38). The summed E-state index contributed by atoms with van der Waals surface area (Å²) in [4.78, 5) is 63.7. The molecule has 0 saturated heterocycles. The topological polar surface area (TPSA) is 185 Å². The molecule has 254 valence electrons. The maximum absolute atomic E-state index is 13.5. The average Bonchev–Trinajstić information content (AvgIpc) is 2.91. The maximum Gasteiger partial charge on any atom is 0.407 e. The Morgan fingerprint density at radius 2 is 1.32 bits per heavy atom. The van der Waals surface area contributed by atoms with Crippen LogP contribution in [0.25, 0.3) is 0 Å². The third kappa shape index (κ3) is 16.6. The summed E-state index contributed by atoms with van der Waals surface area (Å²) in [5, 5.41) is 16.3. The first-order valence-corrected chi connectivity index (χ1v) is 15.6. The summed E-state index contributed by atoms with van der Waals surface area (Å²) < 4.78 is 16.1. The van der Waals surface area contributed by atoms with E-state index in [0.717, 1.165) is 32.1 Å². The SMILES string of the molecule is CCNC(=O)C(COCCCNC(=O)OC(C)(C)C)NC(=O)C(CNC(=O)OC(C)(C)C)NC(=O)C(NC)C1CCCCC1. The predicted molar refractivity (Wildman–Crippen MR) is 166 cm³/mol. The molecule has 1 saturated carbocycles. The van der Waals surface area contributed by atoms with Crippen LogP contribution in [0.5, 0.6) is 0 Å². The molecule has 14 heteroatoms. The minimum absolute atomic E-state index is 0.123. The molecule has 44 heavy (non-hydrogen) atoms. The molecule has 1 aliphatic rings. The van der Waals surface area contributed by atoms with Gasteiger partial charge in [0.25, 0.3) is 0 Å². The largest absolute Gasteiger partial charge is 0.444 e. The summed E-state index contributed by atoms with van der Waals surface area (Å²) in [5.74, 6) is -1.38.